The van der Waals surface area contributed by atoms with E-state index in [0.717, 1.165) is 19.3 Å². The molecule has 0 aliphatic rings. The molecule has 0 saturated heterocycles. The van der Waals surface area contributed by atoms with Crippen molar-refractivity contribution < 1.29 is 50.8 Å². The van der Waals surface area contributed by atoms with Crippen molar-refractivity contribution in [2.75, 3.05) is 0 Å². The average Bonchev–Trinajstić information content (AvgIpc) is 2.14. The van der Waals surface area contributed by atoms with E-state index in [2.05, 4.69) is 6.92 Å². The molecular weight excluding hydrogens is 243 g/mol. The molecule has 0 spiro atoms. The molecule has 0 aromatic rings. The van der Waals surface area contributed by atoms with Crippen molar-refractivity contribution in [3.8, 4) is 0 Å². The molecule has 102 valence electrons. The average molecular weight is 268 g/mol. The van der Waals surface area contributed by atoms with E-state index >= 15 is 0 Å². The first-order valence-electron chi connectivity index (χ1n) is 6.17. The summed E-state index contributed by atoms with van der Waals surface area (Å²) in [7, 11) is 0. The maximum atomic E-state index is 11.4. The van der Waals surface area contributed by atoms with Crippen molar-refractivity contribution in [1.29, 1.82) is 0 Å². The predicted molar refractivity (Wildman–Crippen MR) is 67.0 cm³/mol. The van der Waals surface area contributed by atoms with Crippen molar-refractivity contribution >= 4 is 11.9 Å². The summed E-state index contributed by atoms with van der Waals surface area (Å²) in [5.74, 6) is -2.46. The zero-order valence-corrected chi connectivity index (χ0v) is 14.2. The van der Waals surface area contributed by atoms with Crippen LogP contribution in [0.15, 0.2) is 0 Å². The van der Waals surface area contributed by atoms with Crippen molar-refractivity contribution in [3.05, 3.63) is 0 Å². The summed E-state index contributed by atoms with van der Waals surface area (Å²) in [6.45, 7) is 7.09. The molecule has 0 rings (SSSR count). The van der Waals surface area contributed by atoms with Gasteiger partial charge in [0.05, 0.1) is 0 Å². The third-order valence-electron chi connectivity index (χ3n) is 3.42. The normalized spacial score (nSPS) is 11.8. The van der Waals surface area contributed by atoms with Gasteiger partial charge < -0.3 is 11.6 Å². The first kappa shape index (κ1) is 20.3. The van der Waals surface area contributed by atoms with E-state index in [1.54, 1.807) is 20.8 Å². The molecule has 18 heavy (non-hydrogen) atoms. The fourth-order valence-electron chi connectivity index (χ4n) is 2.14. The first-order valence-corrected chi connectivity index (χ1v) is 6.17. The molecule has 0 saturated carbocycles. The van der Waals surface area contributed by atoms with Gasteiger partial charge in [-0.05, 0) is 11.8 Å². The molecule has 0 atom stereocenters. The van der Waals surface area contributed by atoms with E-state index in [0.29, 0.717) is 6.42 Å². The van der Waals surface area contributed by atoms with Gasteiger partial charge in [0.1, 0.15) is 0 Å². The summed E-state index contributed by atoms with van der Waals surface area (Å²) in [4.78, 5) is 22.8. The standard InChI is InChI=1S/C13H24O4.Na.H/c1-5-6-7-8-9-13(10(14)15,11(16)17)12(2,3)4;;/h5-9H2,1-4H3,(H,14,15)(H,16,17);;/q;+1;-1. The SMILES string of the molecule is CCCCCCC(C(=O)O)(C(=O)O)C(C)(C)C.[H-].[Na+]. The van der Waals surface area contributed by atoms with Gasteiger partial charge in [-0.25, -0.2) is 0 Å². The Morgan fingerprint density at radius 3 is 1.72 bits per heavy atom. The van der Waals surface area contributed by atoms with Gasteiger partial charge in [0.2, 0.25) is 0 Å². The van der Waals surface area contributed by atoms with E-state index < -0.39 is 22.8 Å². The second kappa shape index (κ2) is 8.18. The topological polar surface area (TPSA) is 74.6 Å². The molecule has 0 aromatic heterocycles. The molecule has 0 unspecified atom stereocenters. The second-order valence-corrected chi connectivity index (χ2v) is 5.58. The summed E-state index contributed by atoms with van der Waals surface area (Å²) >= 11 is 0. The Bertz CT molecular complexity index is 273. The Morgan fingerprint density at radius 2 is 1.44 bits per heavy atom. The van der Waals surface area contributed by atoms with Gasteiger partial charge in [-0.15, -0.1) is 0 Å². The van der Waals surface area contributed by atoms with Crippen LogP contribution in [0.25, 0.3) is 0 Å². The van der Waals surface area contributed by atoms with Crippen LogP contribution < -0.4 is 29.6 Å². The third kappa shape index (κ3) is 4.56. The molecule has 0 aliphatic heterocycles. The zero-order chi connectivity index (χ0) is 13.7. The summed E-state index contributed by atoms with van der Waals surface area (Å²) in [6.07, 6.45) is 3.78. The number of carbonyl (C=O) groups is 2. The molecule has 0 heterocycles. The van der Waals surface area contributed by atoms with Gasteiger partial charge in [-0.2, -0.15) is 0 Å². The maximum absolute atomic E-state index is 11.4. The van der Waals surface area contributed by atoms with E-state index in [9.17, 15) is 19.8 Å². The fraction of sp³-hybridized carbons (Fsp3) is 0.846. The number of rotatable bonds is 7. The van der Waals surface area contributed by atoms with Crippen molar-refractivity contribution in [2.45, 2.75) is 59.8 Å². The van der Waals surface area contributed by atoms with E-state index in [-0.39, 0.29) is 37.4 Å². The minimum atomic E-state index is -1.68. The van der Waals surface area contributed by atoms with Crippen LogP contribution in [0, 0.1) is 10.8 Å². The number of aliphatic carboxylic acids is 2. The van der Waals surface area contributed by atoms with Gasteiger partial charge in [-0.3, -0.25) is 9.59 Å². The van der Waals surface area contributed by atoms with Gasteiger partial charge in [0.25, 0.3) is 0 Å². The van der Waals surface area contributed by atoms with Crippen LogP contribution in [0.2, 0.25) is 0 Å². The van der Waals surface area contributed by atoms with Crippen LogP contribution in [0.4, 0.5) is 0 Å². The van der Waals surface area contributed by atoms with Crippen molar-refractivity contribution in [3.63, 3.8) is 0 Å². The smallest absolute Gasteiger partial charge is 1.00 e. The van der Waals surface area contributed by atoms with Gasteiger partial charge in [0, 0.05) is 0 Å². The molecule has 0 fully saturated rings. The van der Waals surface area contributed by atoms with Gasteiger partial charge in [-0.1, -0.05) is 53.4 Å². The van der Waals surface area contributed by atoms with Crippen LogP contribution in [0.3, 0.4) is 0 Å². The molecule has 0 aliphatic carbocycles. The second-order valence-electron chi connectivity index (χ2n) is 5.58. The first-order chi connectivity index (χ1) is 7.70. The molecule has 5 heteroatoms. The van der Waals surface area contributed by atoms with Crippen LogP contribution in [0.5, 0.6) is 0 Å². The predicted octanol–water partition coefficient (Wildman–Crippen LogP) is 0.275. The summed E-state index contributed by atoms with van der Waals surface area (Å²) in [5.41, 5.74) is -2.47. The number of hydrogen-bond donors (Lipinski definition) is 2. The van der Waals surface area contributed by atoms with Crippen LogP contribution >= 0.6 is 0 Å². The van der Waals surface area contributed by atoms with Crippen LogP contribution in [0.1, 0.15) is 61.2 Å². The zero-order valence-electron chi connectivity index (χ0n) is 13.2. The maximum Gasteiger partial charge on any atom is 1.00 e. The monoisotopic (exact) mass is 268 g/mol. The molecule has 0 radical (unpaired) electrons. The molecule has 0 amide bonds. The van der Waals surface area contributed by atoms with E-state index in [1.165, 1.54) is 0 Å². The molecule has 0 aromatic carbocycles. The summed E-state index contributed by atoms with van der Waals surface area (Å²) in [5, 5.41) is 18.6. The summed E-state index contributed by atoms with van der Waals surface area (Å²) < 4.78 is 0. The van der Waals surface area contributed by atoms with E-state index in [4.69, 9.17) is 0 Å². The Morgan fingerprint density at radius 1 is 1.00 bits per heavy atom. The fourth-order valence-corrected chi connectivity index (χ4v) is 2.14. The Labute approximate surface area is 133 Å². The summed E-state index contributed by atoms with van der Waals surface area (Å²) in [6, 6.07) is 0. The van der Waals surface area contributed by atoms with Crippen LogP contribution in [-0.2, 0) is 9.59 Å². The number of hydrogen-bond acceptors (Lipinski definition) is 2. The minimum Gasteiger partial charge on any atom is -1.00 e. The van der Waals surface area contributed by atoms with Crippen molar-refractivity contribution in [1.82, 2.24) is 0 Å². The van der Waals surface area contributed by atoms with Crippen LogP contribution in [-0.4, -0.2) is 22.2 Å². The quantitative estimate of drug-likeness (QED) is 0.395. The molecule has 4 nitrogen and oxygen atoms in total. The van der Waals surface area contributed by atoms with Crippen molar-refractivity contribution in [2.24, 2.45) is 10.8 Å². The molecular formula is C13H25NaO4. The number of carboxylic acid groups (broad SMARTS) is 2. The number of carboxylic acids is 2. The Kier molecular flexibility index (Phi) is 9.21. The minimum absolute atomic E-state index is 0. The largest absolute Gasteiger partial charge is 1.00 e. The Balaban J connectivity index is -0.00000128. The van der Waals surface area contributed by atoms with Gasteiger partial charge in [0.15, 0.2) is 5.41 Å². The van der Waals surface area contributed by atoms with E-state index in [1.807, 2.05) is 0 Å². The molecule has 0 bridgehead atoms. The van der Waals surface area contributed by atoms with Gasteiger partial charge >= 0.3 is 41.5 Å². The third-order valence-corrected chi connectivity index (χ3v) is 3.42. The molecule has 2 N–H and O–H groups in total. The number of unbranched alkanes of at least 4 members (excludes halogenated alkanes) is 3. The Hall–Kier alpha value is -0.0600.